The van der Waals surface area contributed by atoms with Crippen LogP contribution in [0.3, 0.4) is 0 Å². The average Bonchev–Trinajstić information content (AvgIpc) is 3.21. The molecule has 2 rings (SSSR count). The Bertz CT molecular complexity index is 231. The maximum absolute atomic E-state index is 6.30. The van der Waals surface area contributed by atoms with Gasteiger partial charge < -0.3 is 8.85 Å². The fraction of sp³-hybridized carbons (Fsp3) is 1.00. The van der Waals surface area contributed by atoms with E-state index in [2.05, 4.69) is 27.7 Å². The van der Waals surface area contributed by atoms with Crippen LogP contribution in [0.15, 0.2) is 0 Å². The quantitative estimate of drug-likeness (QED) is 0.609. The maximum Gasteiger partial charge on any atom is 0.345 e. The van der Waals surface area contributed by atoms with Crippen molar-refractivity contribution in [3.8, 4) is 0 Å². The Kier molecular flexibility index (Phi) is 4.32. The van der Waals surface area contributed by atoms with Crippen LogP contribution in [0.4, 0.5) is 0 Å². The Morgan fingerprint density at radius 3 is 1.47 bits per heavy atom. The molecule has 4 unspecified atom stereocenters. The van der Waals surface area contributed by atoms with Gasteiger partial charge >= 0.3 is 8.56 Å². The molecular formula is C14H28O2Si. The molecule has 0 saturated heterocycles. The predicted octanol–water partition coefficient (Wildman–Crippen LogP) is 4.10. The van der Waals surface area contributed by atoms with Crippen LogP contribution in [0.25, 0.3) is 0 Å². The summed E-state index contributed by atoms with van der Waals surface area (Å²) >= 11 is 0. The first-order valence-electron chi connectivity index (χ1n) is 7.51. The molecule has 0 heterocycles. The summed E-state index contributed by atoms with van der Waals surface area (Å²) in [7, 11) is -1.90. The highest BCUT2D eigenvalue weighted by molar-refractivity contribution is 6.72. The Balaban J connectivity index is 2.09. The van der Waals surface area contributed by atoms with Gasteiger partial charge in [0.2, 0.25) is 0 Å². The maximum atomic E-state index is 6.30. The van der Waals surface area contributed by atoms with Crippen LogP contribution in [0.1, 0.15) is 53.4 Å². The van der Waals surface area contributed by atoms with Crippen LogP contribution in [0.2, 0.25) is 11.1 Å². The summed E-state index contributed by atoms with van der Waals surface area (Å²) in [5, 5.41) is 0. The topological polar surface area (TPSA) is 18.5 Å². The highest BCUT2D eigenvalue weighted by Crippen LogP contribution is 2.65. The van der Waals surface area contributed by atoms with Crippen molar-refractivity contribution in [3.05, 3.63) is 0 Å². The summed E-state index contributed by atoms with van der Waals surface area (Å²) in [5.41, 5.74) is 1.60. The van der Waals surface area contributed by atoms with E-state index in [1.54, 1.807) is 0 Å². The van der Waals surface area contributed by atoms with Crippen molar-refractivity contribution in [1.29, 1.82) is 0 Å². The van der Waals surface area contributed by atoms with Crippen molar-refractivity contribution < 1.29 is 8.85 Å². The minimum Gasteiger partial charge on any atom is -0.394 e. The van der Waals surface area contributed by atoms with E-state index >= 15 is 0 Å². The highest BCUT2D eigenvalue weighted by atomic mass is 28.4. The smallest absolute Gasteiger partial charge is 0.345 e. The van der Waals surface area contributed by atoms with E-state index in [4.69, 9.17) is 8.85 Å². The molecule has 0 aromatic rings. The molecule has 0 bridgehead atoms. The van der Waals surface area contributed by atoms with Crippen LogP contribution in [0.5, 0.6) is 0 Å². The Morgan fingerprint density at radius 1 is 0.824 bits per heavy atom. The van der Waals surface area contributed by atoms with Gasteiger partial charge in [-0.05, 0) is 38.5 Å². The van der Waals surface area contributed by atoms with Gasteiger partial charge in [0.1, 0.15) is 0 Å². The van der Waals surface area contributed by atoms with Crippen LogP contribution in [-0.2, 0) is 8.85 Å². The lowest BCUT2D eigenvalue weighted by molar-refractivity contribution is 0.176. The van der Waals surface area contributed by atoms with Crippen molar-refractivity contribution in [3.63, 3.8) is 0 Å². The van der Waals surface area contributed by atoms with Crippen LogP contribution < -0.4 is 0 Å². The molecule has 2 saturated carbocycles. The fourth-order valence-electron chi connectivity index (χ4n) is 3.58. The Labute approximate surface area is 107 Å². The molecule has 0 amide bonds. The first-order chi connectivity index (χ1) is 8.23. The van der Waals surface area contributed by atoms with Gasteiger partial charge in [0, 0.05) is 24.3 Å². The molecule has 0 spiro atoms. The molecule has 17 heavy (non-hydrogen) atoms. The molecule has 0 aromatic heterocycles. The zero-order chi connectivity index (χ0) is 12.5. The molecular weight excluding hydrogens is 228 g/mol. The van der Waals surface area contributed by atoms with Crippen molar-refractivity contribution in [2.24, 2.45) is 11.8 Å². The van der Waals surface area contributed by atoms with Crippen LogP contribution in [0, 0.1) is 11.8 Å². The molecule has 4 atom stereocenters. The Hall–Kier alpha value is 0.137. The van der Waals surface area contributed by atoms with Gasteiger partial charge in [0.25, 0.3) is 0 Å². The highest BCUT2D eigenvalue weighted by Gasteiger charge is 2.67. The SMILES string of the molecule is CCO[Si](OCC)(C1CC1CC)C1CC1CC. The summed E-state index contributed by atoms with van der Waals surface area (Å²) in [6.07, 6.45) is 5.36. The molecule has 2 nitrogen and oxygen atoms in total. The summed E-state index contributed by atoms with van der Waals surface area (Å²) in [4.78, 5) is 0. The zero-order valence-corrected chi connectivity index (χ0v) is 12.9. The molecule has 2 aliphatic carbocycles. The second kappa shape index (κ2) is 5.41. The molecule has 100 valence electrons. The monoisotopic (exact) mass is 256 g/mol. The summed E-state index contributed by atoms with van der Waals surface area (Å²) in [6.45, 7) is 10.6. The summed E-state index contributed by atoms with van der Waals surface area (Å²) in [6, 6.07) is 0. The second-order valence-electron chi connectivity index (χ2n) is 5.61. The molecule has 3 heteroatoms. The second-order valence-corrected chi connectivity index (χ2v) is 9.11. The lowest BCUT2D eigenvalue weighted by Crippen LogP contribution is -2.45. The molecule has 0 N–H and O–H groups in total. The largest absolute Gasteiger partial charge is 0.394 e. The van der Waals surface area contributed by atoms with E-state index in [1.807, 2.05) is 0 Å². The number of hydrogen-bond donors (Lipinski definition) is 0. The fourth-order valence-corrected chi connectivity index (χ4v) is 9.02. The normalized spacial score (nSPS) is 36.0. The third-order valence-electron chi connectivity index (χ3n) is 4.67. The van der Waals surface area contributed by atoms with E-state index in [9.17, 15) is 0 Å². The summed E-state index contributed by atoms with van der Waals surface area (Å²) in [5.74, 6) is 1.80. The first-order valence-corrected chi connectivity index (χ1v) is 9.48. The van der Waals surface area contributed by atoms with Crippen LogP contribution in [-0.4, -0.2) is 21.8 Å². The minimum absolute atomic E-state index is 0.800. The first kappa shape index (κ1) is 13.6. The van der Waals surface area contributed by atoms with Gasteiger partial charge in [-0.25, -0.2) is 0 Å². The number of hydrogen-bond acceptors (Lipinski definition) is 2. The standard InChI is InChI=1S/C14H28O2Si/c1-5-11-9-13(11)17(15-7-3,16-8-4)14-10-12(14)6-2/h11-14H,5-10H2,1-4H3. The van der Waals surface area contributed by atoms with Crippen molar-refractivity contribution >= 4 is 8.56 Å². The Morgan fingerprint density at radius 2 is 1.24 bits per heavy atom. The number of rotatable bonds is 8. The van der Waals surface area contributed by atoms with E-state index in [0.717, 1.165) is 36.1 Å². The van der Waals surface area contributed by atoms with Crippen molar-refractivity contribution in [2.75, 3.05) is 13.2 Å². The zero-order valence-electron chi connectivity index (χ0n) is 11.9. The van der Waals surface area contributed by atoms with E-state index in [1.165, 1.54) is 25.7 Å². The van der Waals surface area contributed by atoms with Gasteiger partial charge in [0.05, 0.1) is 0 Å². The van der Waals surface area contributed by atoms with E-state index in [-0.39, 0.29) is 0 Å². The van der Waals surface area contributed by atoms with Gasteiger partial charge in [-0.2, -0.15) is 0 Å². The molecule has 2 aliphatic rings. The third-order valence-corrected chi connectivity index (χ3v) is 9.63. The van der Waals surface area contributed by atoms with Crippen LogP contribution >= 0.6 is 0 Å². The third kappa shape index (κ3) is 2.47. The molecule has 0 aliphatic heterocycles. The molecule has 2 fully saturated rings. The van der Waals surface area contributed by atoms with Crippen molar-refractivity contribution in [2.45, 2.75) is 64.5 Å². The lowest BCUT2D eigenvalue weighted by Gasteiger charge is -2.31. The molecule has 0 aromatic carbocycles. The van der Waals surface area contributed by atoms with Gasteiger partial charge in [-0.3, -0.25) is 0 Å². The van der Waals surface area contributed by atoms with E-state index in [0.29, 0.717) is 0 Å². The predicted molar refractivity (Wildman–Crippen MR) is 73.3 cm³/mol. The van der Waals surface area contributed by atoms with Crippen molar-refractivity contribution in [1.82, 2.24) is 0 Å². The average molecular weight is 256 g/mol. The van der Waals surface area contributed by atoms with Gasteiger partial charge in [0.15, 0.2) is 0 Å². The van der Waals surface area contributed by atoms with E-state index < -0.39 is 8.56 Å². The molecule has 0 radical (unpaired) electrons. The summed E-state index contributed by atoms with van der Waals surface area (Å²) < 4.78 is 12.6. The minimum atomic E-state index is -1.90. The van der Waals surface area contributed by atoms with Gasteiger partial charge in [-0.1, -0.05) is 26.7 Å². The lowest BCUT2D eigenvalue weighted by atomic mass is 10.3. The van der Waals surface area contributed by atoms with Gasteiger partial charge in [-0.15, -0.1) is 0 Å².